The van der Waals surface area contributed by atoms with E-state index in [1.54, 1.807) is 24.3 Å². The second-order valence-corrected chi connectivity index (χ2v) is 6.78. The molecule has 0 aromatic heterocycles. The Bertz CT molecular complexity index is 1140. The number of nitrogens with one attached hydrogen (secondary N) is 2. The number of anilines is 2. The lowest BCUT2D eigenvalue weighted by molar-refractivity contribution is -0.115. The summed E-state index contributed by atoms with van der Waals surface area (Å²) in [5.74, 6) is -0.641. The van der Waals surface area contributed by atoms with Crippen LogP contribution in [0.15, 0.2) is 71.7 Å². The minimum atomic E-state index is -0.299. The largest absolute Gasteiger partial charge is 0.326 e. The lowest BCUT2D eigenvalue weighted by atomic mass is 10.0. The third-order valence-electron chi connectivity index (χ3n) is 4.55. The van der Waals surface area contributed by atoms with E-state index in [1.807, 2.05) is 30.3 Å². The Labute approximate surface area is 167 Å². The van der Waals surface area contributed by atoms with Gasteiger partial charge in [-0.2, -0.15) is 0 Å². The third kappa shape index (κ3) is 4.21. The molecular formula is C23H18FN3O2. The molecule has 0 bridgehead atoms. The summed E-state index contributed by atoms with van der Waals surface area (Å²) >= 11 is 0. The van der Waals surface area contributed by atoms with E-state index < -0.39 is 0 Å². The van der Waals surface area contributed by atoms with Crippen LogP contribution in [0.5, 0.6) is 0 Å². The first kappa shape index (κ1) is 18.6. The lowest BCUT2D eigenvalue weighted by Crippen LogP contribution is -2.15. The Balaban J connectivity index is 1.72. The Morgan fingerprint density at radius 3 is 2.52 bits per heavy atom. The number of hydrogen-bond donors (Lipinski definition) is 2. The zero-order chi connectivity index (χ0) is 20.4. The summed E-state index contributed by atoms with van der Waals surface area (Å²) in [6, 6.07) is 19.0. The maximum Gasteiger partial charge on any atom is 0.230 e. The highest BCUT2D eigenvalue weighted by atomic mass is 19.1. The Morgan fingerprint density at radius 2 is 1.76 bits per heavy atom. The highest BCUT2D eigenvalue weighted by Gasteiger charge is 2.18. The fourth-order valence-electron chi connectivity index (χ4n) is 3.23. The summed E-state index contributed by atoms with van der Waals surface area (Å²) in [5, 5.41) is 5.63. The molecule has 0 saturated carbocycles. The maximum absolute atomic E-state index is 13.2. The SMILES string of the molecule is CC(=O)Nc1cccc(C2=Nc3ccc(-c4ccc(F)cc4)cc3NC(=O)C2)c1. The van der Waals surface area contributed by atoms with Crippen LogP contribution in [-0.4, -0.2) is 17.5 Å². The summed E-state index contributed by atoms with van der Waals surface area (Å²) in [6.07, 6.45) is 0.115. The average Bonchev–Trinajstić information content (AvgIpc) is 2.85. The summed E-state index contributed by atoms with van der Waals surface area (Å²) in [6.45, 7) is 1.44. The number of nitrogens with zero attached hydrogens (tertiary/aromatic N) is 1. The van der Waals surface area contributed by atoms with E-state index >= 15 is 0 Å². The van der Waals surface area contributed by atoms with Gasteiger partial charge in [0, 0.05) is 12.6 Å². The van der Waals surface area contributed by atoms with Crippen LogP contribution in [-0.2, 0) is 9.59 Å². The number of carbonyl (C=O) groups is 2. The van der Waals surface area contributed by atoms with Crippen molar-refractivity contribution in [2.24, 2.45) is 4.99 Å². The van der Waals surface area contributed by atoms with E-state index in [-0.39, 0.29) is 24.1 Å². The van der Waals surface area contributed by atoms with Gasteiger partial charge < -0.3 is 10.6 Å². The number of carbonyl (C=O) groups excluding carboxylic acids is 2. The Hall–Kier alpha value is -3.80. The summed E-state index contributed by atoms with van der Waals surface area (Å²) < 4.78 is 13.2. The number of fused-ring (bicyclic) bond motifs is 1. The van der Waals surface area contributed by atoms with Gasteiger partial charge >= 0.3 is 0 Å². The van der Waals surface area contributed by atoms with Crippen molar-refractivity contribution in [1.82, 2.24) is 0 Å². The molecule has 6 heteroatoms. The average molecular weight is 387 g/mol. The molecule has 3 aromatic carbocycles. The molecule has 0 radical (unpaired) electrons. The number of hydrogen-bond acceptors (Lipinski definition) is 3. The van der Waals surface area contributed by atoms with Gasteiger partial charge in [0.1, 0.15) is 5.82 Å². The minimum Gasteiger partial charge on any atom is -0.326 e. The van der Waals surface area contributed by atoms with Crippen LogP contribution in [0.4, 0.5) is 21.5 Å². The van der Waals surface area contributed by atoms with Crippen LogP contribution in [0.25, 0.3) is 11.1 Å². The minimum absolute atomic E-state index is 0.115. The standard InChI is InChI=1S/C23H18FN3O2/c1-14(28)25-19-4-2-3-17(11-19)21-13-23(29)27-22-12-16(7-10-20(22)26-21)15-5-8-18(24)9-6-15/h2-12H,13H2,1H3,(H,25,28)(H,27,29). The molecule has 0 atom stereocenters. The number of halogens is 1. The van der Waals surface area contributed by atoms with Crippen LogP contribution >= 0.6 is 0 Å². The second-order valence-electron chi connectivity index (χ2n) is 6.78. The van der Waals surface area contributed by atoms with E-state index in [0.717, 1.165) is 16.7 Å². The molecule has 29 heavy (non-hydrogen) atoms. The Kier molecular flexibility index (Phi) is 4.91. The smallest absolute Gasteiger partial charge is 0.230 e. The molecule has 1 aliphatic rings. The van der Waals surface area contributed by atoms with Crippen LogP contribution < -0.4 is 10.6 Å². The van der Waals surface area contributed by atoms with Gasteiger partial charge in [-0.25, -0.2) is 4.39 Å². The fourth-order valence-corrected chi connectivity index (χ4v) is 3.23. The molecular weight excluding hydrogens is 369 g/mol. The highest BCUT2D eigenvalue weighted by Crippen LogP contribution is 2.34. The molecule has 0 unspecified atom stereocenters. The van der Waals surface area contributed by atoms with Crippen molar-refractivity contribution >= 4 is 34.6 Å². The number of benzene rings is 3. The Morgan fingerprint density at radius 1 is 1.00 bits per heavy atom. The van der Waals surface area contributed by atoms with Gasteiger partial charge in [0.2, 0.25) is 11.8 Å². The number of rotatable bonds is 3. The maximum atomic E-state index is 13.2. The number of amides is 2. The van der Waals surface area contributed by atoms with Crippen LogP contribution in [0, 0.1) is 5.82 Å². The zero-order valence-corrected chi connectivity index (χ0v) is 15.7. The van der Waals surface area contributed by atoms with Crippen molar-refractivity contribution in [3.63, 3.8) is 0 Å². The van der Waals surface area contributed by atoms with Crippen molar-refractivity contribution in [1.29, 1.82) is 0 Å². The van der Waals surface area contributed by atoms with Crippen LogP contribution in [0.1, 0.15) is 18.9 Å². The van der Waals surface area contributed by atoms with E-state index in [1.165, 1.54) is 19.1 Å². The predicted molar refractivity (Wildman–Crippen MR) is 112 cm³/mol. The molecule has 5 nitrogen and oxygen atoms in total. The van der Waals surface area contributed by atoms with E-state index in [9.17, 15) is 14.0 Å². The molecule has 1 aliphatic heterocycles. The van der Waals surface area contributed by atoms with Crippen molar-refractivity contribution in [2.45, 2.75) is 13.3 Å². The van der Waals surface area contributed by atoms with Gasteiger partial charge in [0.25, 0.3) is 0 Å². The van der Waals surface area contributed by atoms with Gasteiger partial charge in [-0.15, -0.1) is 0 Å². The van der Waals surface area contributed by atoms with Crippen molar-refractivity contribution in [3.8, 4) is 11.1 Å². The van der Waals surface area contributed by atoms with E-state index in [2.05, 4.69) is 15.6 Å². The summed E-state index contributed by atoms with van der Waals surface area (Å²) in [5.41, 5.74) is 4.97. The predicted octanol–water partition coefficient (Wildman–Crippen LogP) is 4.91. The first-order valence-electron chi connectivity index (χ1n) is 9.13. The van der Waals surface area contributed by atoms with E-state index in [0.29, 0.717) is 22.8 Å². The van der Waals surface area contributed by atoms with Crippen LogP contribution in [0.3, 0.4) is 0 Å². The summed E-state index contributed by atoms with van der Waals surface area (Å²) in [7, 11) is 0. The molecule has 0 fully saturated rings. The molecule has 144 valence electrons. The normalized spacial score (nSPS) is 13.0. The topological polar surface area (TPSA) is 70.6 Å². The molecule has 0 aliphatic carbocycles. The van der Waals surface area contributed by atoms with Crippen molar-refractivity contribution in [2.75, 3.05) is 10.6 Å². The molecule has 4 rings (SSSR count). The monoisotopic (exact) mass is 387 g/mol. The molecule has 2 N–H and O–H groups in total. The van der Waals surface area contributed by atoms with Crippen LogP contribution in [0.2, 0.25) is 0 Å². The number of aliphatic imine (C=N–C) groups is 1. The molecule has 1 heterocycles. The van der Waals surface area contributed by atoms with Gasteiger partial charge in [0.05, 0.1) is 23.5 Å². The summed E-state index contributed by atoms with van der Waals surface area (Å²) in [4.78, 5) is 28.5. The molecule has 0 saturated heterocycles. The van der Waals surface area contributed by atoms with Gasteiger partial charge in [0.15, 0.2) is 0 Å². The zero-order valence-electron chi connectivity index (χ0n) is 15.7. The van der Waals surface area contributed by atoms with Crippen molar-refractivity contribution in [3.05, 3.63) is 78.1 Å². The first-order valence-corrected chi connectivity index (χ1v) is 9.13. The fraction of sp³-hybridized carbons (Fsp3) is 0.0870. The van der Waals surface area contributed by atoms with E-state index in [4.69, 9.17) is 0 Å². The van der Waals surface area contributed by atoms with Gasteiger partial charge in [-0.05, 0) is 53.1 Å². The molecule has 2 amide bonds. The lowest BCUT2D eigenvalue weighted by Gasteiger charge is -2.08. The van der Waals surface area contributed by atoms with Crippen molar-refractivity contribution < 1.29 is 14.0 Å². The second kappa shape index (κ2) is 7.67. The highest BCUT2D eigenvalue weighted by molar-refractivity contribution is 6.17. The molecule has 0 spiro atoms. The molecule has 3 aromatic rings. The van der Waals surface area contributed by atoms with Gasteiger partial charge in [-0.1, -0.05) is 30.3 Å². The van der Waals surface area contributed by atoms with Gasteiger partial charge in [-0.3, -0.25) is 14.6 Å². The third-order valence-corrected chi connectivity index (χ3v) is 4.55. The first-order chi connectivity index (χ1) is 14.0. The quantitative estimate of drug-likeness (QED) is 0.670.